The summed E-state index contributed by atoms with van der Waals surface area (Å²) >= 11 is 0. The molecule has 0 bridgehead atoms. The van der Waals surface area contributed by atoms with Gasteiger partial charge in [0.1, 0.15) is 11.8 Å². The number of hydrogen-bond donors (Lipinski definition) is 0. The molecule has 4 rings (SSSR count). The smallest absolute Gasteiger partial charge is 0.262 e. The van der Waals surface area contributed by atoms with Crippen molar-refractivity contribution in [3.05, 3.63) is 54.4 Å². The van der Waals surface area contributed by atoms with Gasteiger partial charge in [-0.3, -0.25) is 14.7 Å². The molecule has 0 N–H and O–H groups in total. The fourth-order valence-electron chi connectivity index (χ4n) is 3.59. The first kappa shape index (κ1) is 14.2. The van der Waals surface area contributed by atoms with Gasteiger partial charge in [0.15, 0.2) is 5.60 Å². The fraction of sp³-hybridized carbons (Fsp3) is 0.333. The van der Waals surface area contributed by atoms with Crippen molar-refractivity contribution in [2.75, 3.05) is 18.6 Å². The van der Waals surface area contributed by atoms with Crippen molar-refractivity contribution >= 4 is 11.6 Å². The third kappa shape index (κ3) is 2.04. The van der Waals surface area contributed by atoms with Gasteiger partial charge in [-0.05, 0) is 48.7 Å². The Morgan fingerprint density at radius 2 is 2.13 bits per heavy atom. The van der Waals surface area contributed by atoms with Crippen LogP contribution in [0.4, 0.5) is 5.69 Å². The van der Waals surface area contributed by atoms with Crippen molar-refractivity contribution in [3.63, 3.8) is 0 Å². The summed E-state index contributed by atoms with van der Waals surface area (Å²) in [5, 5.41) is 0. The number of aromatic nitrogens is 1. The summed E-state index contributed by atoms with van der Waals surface area (Å²) in [6.45, 7) is 0.638. The molecule has 2 aliphatic rings. The van der Waals surface area contributed by atoms with E-state index in [2.05, 4.69) is 4.98 Å². The molecule has 1 spiro atoms. The SMILES string of the molecule is COc1ccc(N2C(=O)[C@]3(CCCO3)[C@H]2c2cccnc2)cc1. The summed E-state index contributed by atoms with van der Waals surface area (Å²) in [6.07, 6.45) is 5.23. The van der Waals surface area contributed by atoms with Gasteiger partial charge in [-0.2, -0.15) is 0 Å². The van der Waals surface area contributed by atoms with Crippen LogP contribution in [0.1, 0.15) is 24.4 Å². The molecular weight excluding hydrogens is 292 g/mol. The van der Waals surface area contributed by atoms with E-state index < -0.39 is 5.60 Å². The lowest BCUT2D eigenvalue weighted by atomic mass is 9.76. The quantitative estimate of drug-likeness (QED) is 0.818. The highest BCUT2D eigenvalue weighted by Gasteiger charge is 2.64. The maximum atomic E-state index is 12.9. The first-order chi connectivity index (χ1) is 11.3. The maximum absolute atomic E-state index is 12.9. The molecule has 2 fully saturated rings. The van der Waals surface area contributed by atoms with Gasteiger partial charge >= 0.3 is 0 Å². The molecular formula is C18H18N2O3. The molecule has 2 saturated heterocycles. The number of rotatable bonds is 3. The van der Waals surface area contributed by atoms with E-state index in [0.717, 1.165) is 29.8 Å². The Hall–Kier alpha value is -2.40. The van der Waals surface area contributed by atoms with E-state index in [1.807, 2.05) is 47.5 Å². The lowest BCUT2D eigenvalue weighted by Gasteiger charge is -2.53. The zero-order chi connectivity index (χ0) is 15.9. The number of carbonyl (C=O) groups excluding carboxylic acids is 1. The Labute approximate surface area is 134 Å². The summed E-state index contributed by atoms with van der Waals surface area (Å²) in [7, 11) is 1.63. The van der Waals surface area contributed by atoms with E-state index in [0.29, 0.717) is 6.61 Å². The molecule has 1 amide bonds. The van der Waals surface area contributed by atoms with Crippen molar-refractivity contribution in [2.45, 2.75) is 24.5 Å². The average molecular weight is 310 g/mol. The van der Waals surface area contributed by atoms with Crippen molar-refractivity contribution in [1.82, 2.24) is 4.98 Å². The third-order valence-electron chi connectivity index (χ3n) is 4.68. The largest absolute Gasteiger partial charge is 0.497 e. The number of anilines is 1. The maximum Gasteiger partial charge on any atom is 0.262 e. The second kappa shape index (κ2) is 5.35. The number of amides is 1. The average Bonchev–Trinajstić information content (AvgIpc) is 3.12. The van der Waals surface area contributed by atoms with Crippen LogP contribution in [-0.4, -0.2) is 30.2 Å². The molecule has 0 radical (unpaired) electrons. The lowest BCUT2D eigenvalue weighted by Crippen LogP contribution is -2.68. The van der Waals surface area contributed by atoms with E-state index in [1.165, 1.54) is 0 Å². The van der Waals surface area contributed by atoms with Crippen LogP contribution in [-0.2, 0) is 9.53 Å². The second-order valence-corrected chi connectivity index (χ2v) is 5.90. The van der Waals surface area contributed by atoms with Crippen molar-refractivity contribution in [2.24, 2.45) is 0 Å². The Morgan fingerprint density at radius 1 is 1.30 bits per heavy atom. The predicted molar refractivity (Wildman–Crippen MR) is 85.4 cm³/mol. The Morgan fingerprint density at radius 3 is 2.74 bits per heavy atom. The highest BCUT2D eigenvalue weighted by molar-refractivity contribution is 6.08. The van der Waals surface area contributed by atoms with Crippen LogP contribution < -0.4 is 9.64 Å². The molecule has 2 aliphatic heterocycles. The van der Waals surface area contributed by atoms with Gasteiger partial charge in [0, 0.05) is 24.7 Å². The van der Waals surface area contributed by atoms with Gasteiger partial charge < -0.3 is 9.47 Å². The highest BCUT2D eigenvalue weighted by atomic mass is 16.5. The summed E-state index contributed by atoms with van der Waals surface area (Å²) in [5.74, 6) is 0.806. The Bertz CT molecular complexity index is 709. The standard InChI is InChI=1S/C18H18N2O3/c1-22-15-7-5-14(6-8-15)20-16(13-4-2-10-19-12-13)18(17(20)21)9-3-11-23-18/h2,4-8,10,12,16H,3,9,11H2,1H3/t16-,18+/m1/s1. The van der Waals surface area contributed by atoms with Gasteiger partial charge in [-0.15, -0.1) is 0 Å². The van der Waals surface area contributed by atoms with Gasteiger partial charge in [0.05, 0.1) is 7.11 Å². The summed E-state index contributed by atoms with van der Waals surface area (Å²) < 4.78 is 11.1. The number of hydrogen-bond acceptors (Lipinski definition) is 4. The van der Waals surface area contributed by atoms with Crippen LogP contribution in [0.3, 0.4) is 0 Å². The van der Waals surface area contributed by atoms with Crippen molar-refractivity contribution < 1.29 is 14.3 Å². The molecule has 5 heteroatoms. The predicted octanol–water partition coefficient (Wildman–Crippen LogP) is 2.73. The van der Waals surface area contributed by atoms with E-state index in [9.17, 15) is 4.79 Å². The molecule has 1 aromatic carbocycles. The molecule has 23 heavy (non-hydrogen) atoms. The van der Waals surface area contributed by atoms with Crippen LogP contribution >= 0.6 is 0 Å². The number of ether oxygens (including phenoxy) is 2. The molecule has 2 atom stereocenters. The van der Waals surface area contributed by atoms with Crippen LogP contribution in [0, 0.1) is 0 Å². The van der Waals surface area contributed by atoms with E-state index in [4.69, 9.17) is 9.47 Å². The summed E-state index contributed by atoms with van der Waals surface area (Å²) in [6, 6.07) is 11.3. The van der Waals surface area contributed by atoms with Crippen LogP contribution in [0.5, 0.6) is 5.75 Å². The van der Waals surface area contributed by atoms with E-state index >= 15 is 0 Å². The molecule has 5 nitrogen and oxygen atoms in total. The molecule has 0 saturated carbocycles. The minimum atomic E-state index is -0.719. The lowest BCUT2D eigenvalue weighted by molar-refractivity contribution is -0.156. The number of pyridine rings is 1. The Balaban J connectivity index is 1.74. The number of nitrogens with zero attached hydrogens (tertiary/aromatic N) is 2. The molecule has 0 aliphatic carbocycles. The molecule has 1 aromatic heterocycles. The van der Waals surface area contributed by atoms with Gasteiger partial charge in [-0.25, -0.2) is 0 Å². The zero-order valence-electron chi connectivity index (χ0n) is 12.9. The molecule has 2 aromatic rings. The van der Waals surface area contributed by atoms with Crippen LogP contribution in [0.15, 0.2) is 48.8 Å². The minimum Gasteiger partial charge on any atom is -0.497 e. The minimum absolute atomic E-state index is 0.0361. The van der Waals surface area contributed by atoms with Gasteiger partial charge in [0.25, 0.3) is 5.91 Å². The van der Waals surface area contributed by atoms with Gasteiger partial charge in [-0.1, -0.05) is 6.07 Å². The topological polar surface area (TPSA) is 51.7 Å². The van der Waals surface area contributed by atoms with Crippen molar-refractivity contribution in [1.29, 1.82) is 0 Å². The normalized spacial score (nSPS) is 26.4. The fourth-order valence-corrected chi connectivity index (χ4v) is 3.59. The number of β-lactam (4-membered cyclic amide) rings is 1. The number of methoxy groups -OCH3 is 1. The number of benzene rings is 1. The molecule has 0 unspecified atom stereocenters. The molecule has 118 valence electrons. The zero-order valence-corrected chi connectivity index (χ0v) is 12.9. The molecule has 3 heterocycles. The van der Waals surface area contributed by atoms with Crippen LogP contribution in [0.25, 0.3) is 0 Å². The van der Waals surface area contributed by atoms with Crippen molar-refractivity contribution in [3.8, 4) is 5.75 Å². The second-order valence-electron chi connectivity index (χ2n) is 5.90. The highest BCUT2D eigenvalue weighted by Crippen LogP contribution is 2.52. The summed E-state index contributed by atoms with van der Waals surface area (Å²) in [4.78, 5) is 18.9. The van der Waals surface area contributed by atoms with E-state index in [1.54, 1.807) is 13.3 Å². The monoisotopic (exact) mass is 310 g/mol. The third-order valence-corrected chi connectivity index (χ3v) is 4.68. The first-order valence-corrected chi connectivity index (χ1v) is 7.78. The number of carbonyl (C=O) groups is 1. The summed E-state index contributed by atoms with van der Waals surface area (Å²) in [5.41, 5.74) is 1.14. The van der Waals surface area contributed by atoms with Gasteiger partial charge in [0.2, 0.25) is 0 Å². The van der Waals surface area contributed by atoms with Crippen LogP contribution in [0.2, 0.25) is 0 Å². The Kier molecular flexibility index (Phi) is 3.31. The van der Waals surface area contributed by atoms with E-state index in [-0.39, 0.29) is 11.9 Å². The first-order valence-electron chi connectivity index (χ1n) is 7.78.